The molecule has 2 aliphatic heterocycles. The lowest BCUT2D eigenvalue weighted by molar-refractivity contribution is 0.0884. The van der Waals surface area contributed by atoms with Gasteiger partial charge in [-0.25, -0.2) is 9.97 Å². The Hall–Kier alpha value is -3.20. The molecule has 0 aromatic carbocycles. The van der Waals surface area contributed by atoms with Crippen molar-refractivity contribution in [2.45, 2.75) is 102 Å². The van der Waals surface area contributed by atoms with E-state index in [-0.39, 0.29) is 0 Å². The number of likely N-dealkylation sites (tertiary alicyclic amines) is 1. The maximum absolute atomic E-state index is 10.7. The first-order valence-electron chi connectivity index (χ1n) is 16.1. The minimum Gasteiger partial charge on any atom is -0.389 e. The molecule has 3 N–H and O–H groups in total. The van der Waals surface area contributed by atoms with Gasteiger partial charge in [-0.15, -0.1) is 11.3 Å². The first-order valence-corrected chi connectivity index (χ1v) is 17.0. The Kier molecular flexibility index (Phi) is 7.18. The van der Waals surface area contributed by atoms with E-state index in [2.05, 4.69) is 34.7 Å². The fraction of sp³-hybridized carbons (Fsp3) is 0.636. The Labute approximate surface area is 263 Å². The molecule has 234 valence electrons. The molecule has 5 heterocycles. The molecule has 0 saturated carbocycles. The molecule has 4 aliphatic rings. The summed E-state index contributed by atoms with van der Waals surface area (Å²) in [6.07, 6.45) is 8.86. The van der Waals surface area contributed by atoms with Crippen molar-refractivity contribution in [1.82, 2.24) is 20.0 Å². The van der Waals surface area contributed by atoms with Crippen LogP contribution in [0.15, 0.2) is 4.52 Å². The summed E-state index contributed by atoms with van der Waals surface area (Å²) in [6, 6.07) is 3.20. The number of nitrogens with zero attached hydrogens (tertiary/aromatic N) is 7. The molecule has 2 aliphatic carbocycles. The number of aliphatic hydroxyl groups is 1. The van der Waals surface area contributed by atoms with Crippen LogP contribution in [0.1, 0.15) is 92.2 Å². The lowest BCUT2D eigenvalue weighted by Crippen LogP contribution is -2.46. The van der Waals surface area contributed by atoms with E-state index in [9.17, 15) is 10.4 Å². The van der Waals surface area contributed by atoms with E-state index < -0.39 is 11.0 Å². The largest absolute Gasteiger partial charge is 0.389 e. The molecule has 3 aromatic heterocycles. The molecule has 1 fully saturated rings. The van der Waals surface area contributed by atoms with Crippen LogP contribution < -0.4 is 15.5 Å². The smallest absolute Gasteiger partial charge is 0.186 e. The van der Waals surface area contributed by atoms with Gasteiger partial charge in [-0.1, -0.05) is 5.16 Å². The van der Waals surface area contributed by atoms with Crippen LogP contribution in [0.4, 0.5) is 16.6 Å². The van der Waals surface area contributed by atoms with Crippen LogP contribution in [-0.2, 0) is 24.7 Å². The average Bonchev–Trinajstić information content (AvgIpc) is 3.76. The van der Waals surface area contributed by atoms with Gasteiger partial charge in [0.1, 0.15) is 22.7 Å². The highest BCUT2D eigenvalue weighted by Crippen LogP contribution is 2.55. The van der Waals surface area contributed by atoms with Crippen LogP contribution in [0, 0.1) is 11.3 Å². The zero-order chi connectivity index (χ0) is 31.0. The highest BCUT2D eigenvalue weighted by molar-refractivity contribution is 7.16. The number of fused-ring (bicyclic) bond motifs is 5. The topological polar surface area (TPSA) is 132 Å². The third kappa shape index (κ3) is 4.60. The minimum absolute atomic E-state index is 0.308. The second-order valence-corrected chi connectivity index (χ2v) is 15.2. The van der Waals surface area contributed by atoms with Crippen LogP contribution in [0.2, 0.25) is 0 Å². The normalized spacial score (nSPS) is 23.8. The maximum Gasteiger partial charge on any atom is 0.186 e. The quantitative estimate of drug-likeness (QED) is 0.403. The van der Waals surface area contributed by atoms with E-state index in [0.717, 1.165) is 92.1 Å². The number of rotatable bonds is 6. The Bertz CT molecular complexity index is 1630. The summed E-state index contributed by atoms with van der Waals surface area (Å²) in [5.41, 5.74) is 9.66. The fourth-order valence-corrected chi connectivity index (χ4v) is 9.86. The van der Waals surface area contributed by atoms with Gasteiger partial charge < -0.3 is 30.1 Å². The zero-order valence-corrected chi connectivity index (χ0v) is 27.4. The number of hydrogen-bond acceptors (Lipinski definition) is 11. The van der Waals surface area contributed by atoms with E-state index in [1.165, 1.54) is 17.7 Å². The Morgan fingerprint density at radius 2 is 1.95 bits per heavy atom. The van der Waals surface area contributed by atoms with Gasteiger partial charge in [0, 0.05) is 48.2 Å². The maximum atomic E-state index is 10.7. The molecule has 0 bridgehead atoms. The molecule has 0 unspecified atom stereocenters. The highest BCUT2D eigenvalue weighted by atomic mass is 32.1. The van der Waals surface area contributed by atoms with Crippen molar-refractivity contribution in [3.8, 4) is 17.6 Å². The van der Waals surface area contributed by atoms with Crippen LogP contribution in [0.3, 0.4) is 0 Å². The Morgan fingerprint density at radius 3 is 2.66 bits per heavy atom. The molecule has 11 heteroatoms. The monoisotopic (exact) mass is 616 g/mol. The van der Waals surface area contributed by atoms with Gasteiger partial charge >= 0.3 is 0 Å². The van der Waals surface area contributed by atoms with Crippen molar-refractivity contribution in [3.05, 3.63) is 32.9 Å². The predicted octanol–water partition coefficient (Wildman–Crippen LogP) is 4.66. The molecular formula is C33H44N8O2S. The van der Waals surface area contributed by atoms with Crippen molar-refractivity contribution < 1.29 is 9.63 Å². The number of nitrogen functional groups attached to an aromatic ring is 1. The lowest BCUT2D eigenvalue weighted by Gasteiger charge is -2.39. The summed E-state index contributed by atoms with van der Waals surface area (Å²) in [5.74, 6) is 3.26. The molecular weight excluding hydrogens is 572 g/mol. The van der Waals surface area contributed by atoms with Crippen LogP contribution in [0.5, 0.6) is 0 Å². The summed E-state index contributed by atoms with van der Waals surface area (Å²) in [7, 11) is 4.23. The van der Waals surface area contributed by atoms with E-state index >= 15 is 0 Å². The van der Waals surface area contributed by atoms with Crippen LogP contribution >= 0.6 is 11.3 Å². The molecule has 0 amide bonds. The summed E-state index contributed by atoms with van der Waals surface area (Å²) in [4.78, 5) is 18.7. The summed E-state index contributed by atoms with van der Waals surface area (Å²) in [5, 5.41) is 26.1. The molecule has 1 spiro atoms. The molecule has 1 saturated heterocycles. The standard InChI is InChI=1S/C33H44N8O2S/c1-19(23-10-8-15-39(23)4)41-16-12-21-30(40(5)18-32(2,3)42)36-29(37-31(21)41)26-20-9-6-13-33(27(20)43-38-26)14-7-11-24-25(33)22(17-34)28(35)44-24/h19,23,42H,6-16,18,35H2,1-5H3/t19-,23-,33-/m0/s1. The number of nitriles is 1. The number of anilines is 3. The minimum atomic E-state index is -0.885. The molecule has 7 rings (SSSR count). The molecule has 3 atom stereocenters. The van der Waals surface area contributed by atoms with Gasteiger partial charge in [0.2, 0.25) is 0 Å². The number of aromatic nitrogens is 3. The lowest BCUT2D eigenvalue weighted by atomic mass is 9.63. The van der Waals surface area contributed by atoms with Gasteiger partial charge in [-0.05, 0) is 97.7 Å². The summed E-state index contributed by atoms with van der Waals surface area (Å²) < 4.78 is 6.32. The van der Waals surface area contributed by atoms with Crippen LogP contribution in [-0.4, -0.2) is 76.5 Å². The summed E-state index contributed by atoms with van der Waals surface area (Å²) >= 11 is 1.56. The second kappa shape index (κ2) is 10.7. The summed E-state index contributed by atoms with van der Waals surface area (Å²) in [6.45, 7) is 8.44. The molecule has 0 radical (unpaired) electrons. The average molecular weight is 617 g/mol. The Balaban J connectivity index is 1.36. The van der Waals surface area contributed by atoms with Gasteiger partial charge in [0.15, 0.2) is 17.3 Å². The van der Waals surface area contributed by atoms with Gasteiger partial charge in [0.05, 0.1) is 16.6 Å². The number of nitrogens with two attached hydrogens (primary N) is 1. The number of likely N-dealkylation sites (N-methyl/N-ethyl adjacent to an activating group) is 2. The van der Waals surface area contributed by atoms with Gasteiger partial charge in [-0.2, -0.15) is 5.26 Å². The first-order chi connectivity index (χ1) is 21.0. The highest BCUT2D eigenvalue weighted by Gasteiger charge is 2.49. The van der Waals surface area contributed by atoms with E-state index in [1.807, 2.05) is 20.9 Å². The van der Waals surface area contributed by atoms with Crippen molar-refractivity contribution in [2.75, 3.05) is 49.3 Å². The van der Waals surface area contributed by atoms with E-state index in [1.54, 1.807) is 11.3 Å². The second-order valence-electron chi connectivity index (χ2n) is 14.1. The van der Waals surface area contributed by atoms with E-state index in [4.69, 9.17) is 25.4 Å². The van der Waals surface area contributed by atoms with Crippen molar-refractivity contribution in [3.63, 3.8) is 0 Å². The molecule has 10 nitrogen and oxygen atoms in total. The Morgan fingerprint density at radius 1 is 1.18 bits per heavy atom. The van der Waals surface area contributed by atoms with Crippen molar-refractivity contribution in [2.24, 2.45) is 0 Å². The van der Waals surface area contributed by atoms with Crippen molar-refractivity contribution >= 4 is 28.0 Å². The van der Waals surface area contributed by atoms with Gasteiger partial charge in [0.25, 0.3) is 0 Å². The third-order valence-corrected chi connectivity index (χ3v) is 11.6. The van der Waals surface area contributed by atoms with E-state index in [0.29, 0.717) is 40.7 Å². The number of aryl methyl sites for hydroxylation is 1. The third-order valence-electron chi connectivity index (χ3n) is 10.5. The molecule has 3 aromatic rings. The van der Waals surface area contributed by atoms with Crippen LogP contribution in [0.25, 0.3) is 11.5 Å². The zero-order valence-electron chi connectivity index (χ0n) is 26.6. The van der Waals surface area contributed by atoms with Crippen molar-refractivity contribution in [1.29, 1.82) is 5.26 Å². The number of hydrogen-bond donors (Lipinski definition) is 2. The van der Waals surface area contributed by atoms with Gasteiger partial charge in [-0.3, -0.25) is 0 Å². The predicted molar refractivity (Wildman–Crippen MR) is 173 cm³/mol. The SMILES string of the molecule is C[C@@H]([C@@H]1CCCN1C)N1CCc2c(N(C)CC(C)(C)O)nc(-c3noc4c3CCC[C@@]43CCCc4sc(N)c(C#N)c43)nc21. The first kappa shape index (κ1) is 29.5. The fourth-order valence-electron chi connectivity index (χ4n) is 8.70. The molecule has 44 heavy (non-hydrogen) atoms. The number of thiophene rings is 1.